The summed E-state index contributed by atoms with van der Waals surface area (Å²) in [5, 5.41) is 3.25. The molecule has 2 aromatic rings. The van der Waals surface area contributed by atoms with Crippen molar-refractivity contribution in [2.45, 2.75) is 36.8 Å². The van der Waals surface area contributed by atoms with Crippen LogP contribution in [0.25, 0.3) is 0 Å². The fourth-order valence-corrected chi connectivity index (χ4v) is 5.89. The van der Waals surface area contributed by atoms with Gasteiger partial charge in [-0.2, -0.15) is 0 Å². The summed E-state index contributed by atoms with van der Waals surface area (Å²) >= 11 is 0. The van der Waals surface area contributed by atoms with Gasteiger partial charge < -0.3 is 20.7 Å². The number of nitrogens with two attached hydrogens (primary N) is 1. The summed E-state index contributed by atoms with van der Waals surface area (Å²) in [6.07, 6.45) is 5.14. The number of nitrogens with one attached hydrogen (secondary N) is 1. The molecular weight excluding hydrogens is 444 g/mol. The van der Waals surface area contributed by atoms with Crippen LogP contribution in [0.1, 0.15) is 41.6 Å². The monoisotopic (exact) mass is 478 g/mol. The van der Waals surface area contributed by atoms with E-state index in [0.29, 0.717) is 49.9 Å². The van der Waals surface area contributed by atoms with E-state index in [9.17, 15) is 9.59 Å². The van der Waals surface area contributed by atoms with Crippen molar-refractivity contribution in [3.05, 3.63) is 53.7 Å². The molecule has 1 aromatic carbocycles. The number of amides is 3. The first-order valence-corrected chi connectivity index (χ1v) is 12.3. The molecule has 3 heterocycles. The minimum Gasteiger partial charge on any atom is -0.378 e. The maximum Gasteiger partial charge on any atom is 0.322 e. The number of carbonyl (C=O) groups is 2. The van der Waals surface area contributed by atoms with Gasteiger partial charge in [0.1, 0.15) is 5.82 Å². The maximum absolute atomic E-state index is 13.2. The van der Waals surface area contributed by atoms with Crippen LogP contribution in [0.4, 0.5) is 16.3 Å². The molecule has 2 aliphatic heterocycles. The highest BCUT2D eigenvalue weighted by Crippen LogP contribution is 2.46. The van der Waals surface area contributed by atoms with E-state index >= 15 is 0 Å². The number of hydrogen-bond donors (Lipinski definition) is 2. The van der Waals surface area contributed by atoms with Crippen LogP contribution in [0, 0.1) is 0 Å². The number of aromatic nitrogens is 1. The molecule has 0 atom stereocenters. The highest BCUT2D eigenvalue weighted by molar-refractivity contribution is 6.05. The summed E-state index contributed by atoms with van der Waals surface area (Å²) < 4.78 is 5.41. The standard InChI is InChI=1S/C26H34N6O3/c1-30(2)26(19-6-4-3-5-7-19)10-8-25(9-11-26)18-32(24(34)29-25)21-17-28-22(16-20(21)23(27)33)31-12-14-35-15-13-31/h3-7,16-17H,8-15,18H2,1-2H3,(H2,27,33)(H,29,34). The molecule has 0 bridgehead atoms. The van der Waals surface area contributed by atoms with Crippen LogP contribution in [0.5, 0.6) is 0 Å². The fourth-order valence-electron chi connectivity index (χ4n) is 5.89. The van der Waals surface area contributed by atoms with Crippen molar-refractivity contribution < 1.29 is 14.3 Å². The Morgan fingerprint density at radius 1 is 1.11 bits per heavy atom. The number of primary amides is 1. The smallest absolute Gasteiger partial charge is 0.322 e. The van der Waals surface area contributed by atoms with Gasteiger partial charge >= 0.3 is 6.03 Å². The van der Waals surface area contributed by atoms with Crippen molar-refractivity contribution in [1.82, 2.24) is 15.2 Å². The first-order valence-electron chi connectivity index (χ1n) is 12.3. The first-order chi connectivity index (χ1) is 16.8. The molecule has 35 heavy (non-hydrogen) atoms. The third-order valence-electron chi connectivity index (χ3n) is 8.04. The van der Waals surface area contributed by atoms with Crippen LogP contribution in [0.2, 0.25) is 0 Å². The fraction of sp³-hybridized carbons (Fsp3) is 0.500. The molecule has 9 heteroatoms. The van der Waals surface area contributed by atoms with Crippen LogP contribution in [-0.4, -0.2) is 74.3 Å². The summed E-state index contributed by atoms with van der Waals surface area (Å²) in [5.41, 5.74) is 7.44. The SMILES string of the molecule is CN(C)C1(c2ccccc2)CCC2(CC1)CN(c1cnc(N3CCOCC3)cc1C(N)=O)C(=O)N2. The van der Waals surface area contributed by atoms with E-state index in [1.54, 1.807) is 17.2 Å². The molecule has 0 unspecified atom stereocenters. The van der Waals surface area contributed by atoms with Crippen LogP contribution in [0.15, 0.2) is 42.6 Å². The lowest BCUT2D eigenvalue weighted by Gasteiger charge is -2.48. The Morgan fingerprint density at radius 3 is 2.43 bits per heavy atom. The molecule has 0 radical (unpaired) electrons. The number of nitrogens with zero attached hydrogens (tertiary/aromatic N) is 4. The van der Waals surface area contributed by atoms with Gasteiger partial charge in [0, 0.05) is 18.6 Å². The lowest BCUT2D eigenvalue weighted by Crippen LogP contribution is -2.54. The number of carbonyl (C=O) groups excluding carboxylic acids is 2. The number of hydrogen-bond acceptors (Lipinski definition) is 6. The minimum atomic E-state index is -0.565. The molecule has 5 rings (SSSR count). The summed E-state index contributed by atoms with van der Waals surface area (Å²) in [4.78, 5) is 36.2. The van der Waals surface area contributed by atoms with E-state index in [4.69, 9.17) is 10.5 Å². The molecule has 3 N–H and O–H groups in total. The van der Waals surface area contributed by atoms with Crippen molar-refractivity contribution in [3.63, 3.8) is 0 Å². The second-order valence-electron chi connectivity index (χ2n) is 10.1. The minimum absolute atomic E-state index is 0.0651. The van der Waals surface area contributed by atoms with Gasteiger partial charge in [-0.15, -0.1) is 0 Å². The zero-order valence-corrected chi connectivity index (χ0v) is 20.5. The lowest BCUT2D eigenvalue weighted by atomic mass is 9.69. The number of morpholine rings is 1. The molecule has 3 amide bonds. The maximum atomic E-state index is 13.2. The van der Waals surface area contributed by atoms with Crippen molar-refractivity contribution in [1.29, 1.82) is 0 Å². The third kappa shape index (κ3) is 4.23. The topological polar surface area (TPSA) is 104 Å². The Kier molecular flexibility index (Phi) is 6.14. The Hall–Kier alpha value is -3.17. The van der Waals surface area contributed by atoms with Gasteiger partial charge in [0.2, 0.25) is 0 Å². The Labute approximate surface area is 206 Å². The van der Waals surface area contributed by atoms with E-state index in [2.05, 4.69) is 58.5 Å². The number of rotatable bonds is 5. The predicted octanol–water partition coefficient (Wildman–Crippen LogP) is 2.32. The van der Waals surface area contributed by atoms with Gasteiger partial charge in [0.25, 0.3) is 5.91 Å². The molecule has 1 aromatic heterocycles. The van der Waals surface area contributed by atoms with Gasteiger partial charge in [0.05, 0.1) is 42.7 Å². The summed E-state index contributed by atoms with van der Waals surface area (Å²) in [7, 11) is 4.26. The Balaban J connectivity index is 1.38. The predicted molar refractivity (Wildman–Crippen MR) is 135 cm³/mol. The molecule has 9 nitrogen and oxygen atoms in total. The molecule has 1 saturated carbocycles. The van der Waals surface area contributed by atoms with Crippen LogP contribution >= 0.6 is 0 Å². The molecule has 3 aliphatic rings. The molecular formula is C26H34N6O3. The third-order valence-corrected chi connectivity index (χ3v) is 8.04. The van der Waals surface area contributed by atoms with E-state index < -0.39 is 5.91 Å². The number of urea groups is 1. The van der Waals surface area contributed by atoms with E-state index in [0.717, 1.165) is 25.7 Å². The second-order valence-corrected chi connectivity index (χ2v) is 10.1. The van der Waals surface area contributed by atoms with Crippen LogP contribution < -0.4 is 20.9 Å². The highest BCUT2D eigenvalue weighted by Gasteiger charge is 2.50. The lowest BCUT2D eigenvalue weighted by molar-refractivity contribution is 0.0657. The number of benzene rings is 1. The number of anilines is 2. The normalized spacial score (nSPS) is 26.9. The largest absolute Gasteiger partial charge is 0.378 e. The zero-order valence-electron chi connectivity index (χ0n) is 20.5. The summed E-state index contributed by atoms with van der Waals surface area (Å²) in [6, 6.07) is 12.1. The average Bonchev–Trinajstić information content (AvgIpc) is 3.20. The quantitative estimate of drug-likeness (QED) is 0.684. The van der Waals surface area contributed by atoms with Crippen molar-refractivity contribution >= 4 is 23.4 Å². The summed E-state index contributed by atoms with van der Waals surface area (Å²) in [5.74, 6) is 0.112. The van der Waals surface area contributed by atoms with Crippen molar-refractivity contribution in [2.75, 3.05) is 56.7 Å². The van der Waals surface area contributed by atoms with Crippen molar-refractivity contribution in [2.24, 2.45) is 5.73 Å². The Bertz CT molecular complexity index is 1090. The molecule has 1 aliphatic carbocycles. The second kappa shape index (κ2) is 9.13. The summed E-state index contributed by atoms with van der Waals surface area (Å²) in [6.45, 7) is 3.12. The van der Waals surface area contributed by atoms with Gasteiger partial charge in [-0.05, 0) is 51.4 Å². The van der Waals surface area contributed by atoms with Gasteiger partial charge in [-0.25, -0.2) is 9.78 Å². The number of ether oxygens (including phenoxy) is 1. The van der Waals surface area contributed by atoms with E-state index in [1.807, 2.05) is 6.07 Å². The van der Waals surface area contributed by atoms with Crippen molar-refractivity contribution in [3.8, 4) is 0 Å². The average molecular weight is 479 g/mol. The molecule has 186 valence electrons. The van der Waals surface area contributed by atoms with Gasteiger partial charge in [0.15, 0.2) is 0 Å². The van der Waals surface area contributed by atoms with E-state index in [1.165, 1.54) is 5.56 Å². The zero-order chi connectivity index (χ0) is 24.6. The first kappa shape index (κ1) is 23.6. The Morgan fingerprint density at radius 2 is 1.80 bits per heavy atom. The number of pyridine rings is 1. The molecule has 1 spiro atoms. The van der Waals surface area contributed by atoms with Crippen LogP contribution in [0.3, 0.4) is 0 Å². The molecule has 3 fully saturated rings. The molecule has 2 saturated heterocycles. The van der Waals surface area contributed by atoms with Crippen LogP contribution in [-0.2, 0) is 10.3 Å². The van der Waals surface area contributed by atoms with Gasteiger partial charge in [-0.1, -0.05) is 30.3 Å². The van der Waals surface area contributed by atoms with Gasteiger partial charge in [-0.3, -0.25) is 14.6 Å². The highest BCUT2D eigenvalue weighted by atomic mass is 16.5. The van der Waals surface area contributed by atoms with E-state index in [-0.39, 0.29) is 17.1 Å².